The van der Waals surface area contributed by atoms with Crippen molar-refractivity contribution in [3.63, 3.8) is 0 Å². The van der Waals surface area contributed by atoms with Crippen LogP contribution in [0.5, 0.6) is 0 Å². The number of furan rings is 1. The van der Waals surface area contributed by atoms with E-state index >= 15 is 0 Å². The molecule has 3 rings (SSSR count). The molecule has 0 aromatic carbocycles. The third-order valence-corrected chi connectivity index (χ3v) is 5.91. The molecule has 4 N–H and O–H groups in total. The summed E-state index contributed by atoms with van der Waals surface area (Å²) >= 11 is 1.22. The lowest BCUT2D eigenvalue weighted by molar-refractivity contribution is -0.161. The van der Waals surface area contributed by atoms with Crippen LogP contribution in [0.1, 0.15) is 5.76 Å². The summed E-state index contributed by atoms with van der Waals surface area (Å²) < 4.78 is 9.76. The van der Waals surface area contributed by atoms with Gasteiger partial charge in [-0.05, 0) is 12.1 Å². The van der Waals surface area contributed by atoms with Gasteiger partial charge in [0.05, 0.1) is 12.7 Å². The lowest BCUT2D eigenvalue weighted by Gasteiger charge is -2.53. The van der Waals surface area contributed by atoms with E-state index in [2.05, 4.69) is 10.1 Å². The molecule has 1 aromatic rings. The van der Waals surface area contributed by atoms with Gasteiger partial charge in [-0.25, -0.2) is 4.79 Å². The van der Waals surface area contributed by atoms with Crippen molar-refractivity contribution < 1.29 is 33.4 Å². The molecule has 3 atom stereocenters. The van der Waals surface area contributed by atoms with Gasteiger partial charge in [-0.1, -0.05) is 0 Å². The van der Waals surface area contributed by atoms with Gasteiger partial charge in [0.25, 0.3) is 0 Å². The molecule has 2 unspecified atom stereocenters. The highest BCUT2D eigenvalue weighted by Crippen LogP contribution is 2.42. The van der Waals surface area contributed by atoms with E-state index in [9.17, 15) is 24.3 Å². The minimum Gasteiger partial charge on any atom is -0.481 e. The molecule has 0 bridgehead atoms. The Labute approximate surface area is 152 Å². The van der Waals surface area contributed by atoms with Crippen LogP contribution in [0.4, 0.5) is 4.79 Å². The predicted molar refractivity (Wildman–Crippen MR) is 87.9 cm³/mol. The number of carbonyl (C=O) groups is 4. The molecular weight excluding hydrogens is 366 g/mol. The van der Waals surface area contributed by atoms with E-state index in [0.29, 0.717) is 5.76 Å². The van der Waals surface area contributed by atoms with Crippen molar-refractivity contribution in [3.8, 4) is 0 Å². The lowest BCUT2D eigenvalue weighted by Crippen LogP contribution is -2.74. The number of amides is 3. The number of nitrogens with one attached hydrogen (secondary N) is 1. The number of carboxylic acids is 1. The minimum atomic E-state index is -1.42. The van der Waals surface area contributed by atoms with Gasteiger partial charge in [0.15, 0.2) is 0 Å². The van der Waals surface area contributed by atoms with Crippen LogP contribution in [-0.2, 0) is 25.5 Å². The van der Waals surface area contributed by atoms with Crippen LogP contribution in [0.3, 0.4) is 0 Å². The number of carboxylic acid groups (broad SMARTS) is 1. The van der Waals surface area contributed by atoms with Gasteiger partial charge in [0.1, 0.15) is 29.2 Å². The summed E-state index contributed by atoms with van der Waals surface area (Å²) in [5.74, 6) is -1.31. The quantitative estimate of drug-likeness (QED) is 0.550. The summed E-state index contributed by atoms with van der Waals surface area (Å²) in [4.78, 5) is 48.2. The van der Waals surface area contributed by atoms with Crippen LogP contribution in [0.15, 0.2) is 22.8 Å². The van der Waals surface area contributed by atoms with Crippen LogP contribution in [-0.4, -0.2) is 64.2 Å². The molecule has 2 aliphatic rings. The smallest absolute Gasteiger partial charge is 0.404 e. The maximum atomic E-state index is 12.3. The molecule has 3 heterocycles. The number of fused-ring (bicyclic) bond motifs is 1. The number of primary amides is 1. The van der Waals surface area contributed by atoms with Crippen molar-refractivity contribution in [1.29, 1.82) is 0 Å². The van der Waals surface area contributed by atoms with Crippen LogP contribution in [0.25, 0.3) is 0 Å². The molecule has 1 aromatic heterocycles. The average molecular weight is 383 g/mol. The van der Waals surface area contributed by atoms with Crippen molar-refractivity contribution in [2.45, 2.75) is 17.8 Å². The molecule has 140 valence electrons. The molecule has 3 amide bonds. The molecule has 0 saturated carbocycles. The molecule has 2 aliphatic heterocycles. The first kappa shape index (κ1) is 18.1. The van der Waals surface area contributed by atoms with E-state index in [0.717, 1.165) is 0 Å². The maximum Gasteiger partial charge on any atom is 0.404 e. The molecule has 0 radical (unpaired) electrons. The molecule has 26 heavy (non-hydrogen) atoms. The Morgan fingerprint density at radius 1 is 1.50 bits per heavy atom. The zero-order chi connectivity index (χ0) is 18.9. The summed E-state index contributed by atoms with van der Waals surface area (Å²) in [5.41, 5.74) is 3.49. The van der Waals surface area contributed by atoms with E-state index in [1.807, 2.05) is 0 Å². The van der Waals surface area contributed by atoms with Gasteiger partial charge in [0.2, 0.25) is 11.8 Å². The van der Waals surface area contributed by atoms with Crippen molar-refractivity contribution in [2.24, 2.45) is 11.1 Å². The van der Waals surface area contributed by atoms with Gasteiger partial charge in [-0.2, -0.15) is 0 Å². The lowest BCUT2D eigenvalue weighted by atomic mass is 9.88. The van der Waals surface area contributed by atoms with Gasteiger partial charge in [-0.3, -0.25) is 14.4 Å². The van der Waals surface area contributed by atoms with Crippen molar-refractivity contribution in [3.05, 3.63) is 24.2 Å². The molecule has 2 saturated heterocycles. The highest BCUT2D eigenvalue weighted by atomic mass is 32.2. The second kappa shape index (κ2) is 6.90. The molecular formula is C15H17N3O7S. The fraction of sp³-hybridized carbons (Fsp3) is 0.467. The van der Waals surface area contributed by atoms with Crippen LogP contribution < -0.4 is 11.1 Å². The second-order valence-electron chi connectivity index (χ2n) is 6.16. The number of hydrogen-bond donors (Lipinski definition) is 3. The average Bonchev–Trinajstić information content (AvgIpc) is 3.10. The Kier molecular flexibility index (Phi) is 4.81. The van der Waals surface area contributed by atoms with E-state index in [4.69, 9.17) is 10.2 Å². The Morgan fingerprint density at radius 2 is 2.27 bits per heavy atom. The molecule has 11 heteroatoms. The number of nitrogens with zero attached hydrogens (tertiary/aromatic N) is 1. The van der Waals surface area contributed by atoms with Crippen molar-refractivity contribution in [1.82, 2.24) is 10.2 Å². The number of hydrogen-bond acceptors (Lipinski definition) is 7. The van der Waals surface area contributed by atoms with E-state index in [1.165, 1.54) is 22.9 Å². The Morgan fingerprint density at radius 3 is 2.88 bits per heavy atom. The topological polar surface area (TPSA) is 152 Å². The Hall–Kier alpha value is -2.69. The largest absolute Gasteiger partial charge is 0.481 e. The van der Waals surface area contributed by atoms with Gasteiger partial charge < -0.3 is 30.2 Å². The fourth-order valence-corrected chi connectivity index (χ4v) is 4.43. The van der Waals surface area contributed by atoms with Gasteiger partial charge in [0, 0.05) is 12.3 Å². The van der Waals surface area contributed by atoms with Crippen LogP contribution in [0.2, 0.25) is 0 Å². The second-order valence-corrected chi connectivity index (χ2v) is 7.27. The van der Waals surface area contributed by atoms with E-state index in [-0.39, 0.29) is 35.9 Å². The third kappa shape index (κ3) is 3.34. The summed E-state index contributed by atoms with van der Waals surface area (Å²) in [5, 5.41) is 11.8. The number of thioether (sulfide) groups is 1. The monoisotopic (exact) mass is 383 g/mol. The van der Waals surface area contributed by atoms with Crippen molar-refractivity contribution in [2.75, 3.05) is 18.9 Å². The normalized spacial score (nSPS) is 27.2. The zero-order valence-corrected chi connectivity index (χ0v) is 14.4. The Bertz CT molecular complexity index is 738. The number of ether oxygens (including phenoxy) is 1. The van der Waals surface area contributed by atoms with Crippen molar-refractivity contribution >= 4 is 35.6 Å². The van der Waals surface area contributed by atoms with E-state index in [1.54, 1.807) is 12.1 Å². The summed E-state index contributed by atoms with van der Waals surface area (Å²) in [7, 11) is 0. The maximum absolute atomic E-state index is 12.3. The molecule has 10 nitrogen and oxygen atoms in total. The Balaban J connectivity index is 1.60. The van der Waals surface area contributed by atoms with Crippen LogP contribution in [0, 0.1) is 5.41 Å². The van der Waals surface area contributed by atoms with Crippen LogP contribution >= 0.6 is 11.8 Å². The SMILES string of the molecule is NC(=O)OCC1(C(=O)O)CS[C@@H]2C(NC(=O)Cc3ccco3)C(=O)N2C1. The van der Waals surface area contributed by atoms with Gasteiger partial charge >= 0.3 is 12.1 Å². The number of aliphatic carboxylic acids is 1. The molecule has 0 spiro atoms. The standard InChI is InChI=1S/C15H17N3O7S/c16-14(23)25-6-15(13(21)22)5-18-11(20)10(12(18)26-7-15)17-9(19)4-8-2-1-3-24-8/h1-3,10,12H,4-7H2,(H2,16,23)(H,17,19)(H,21,22)/t10?,12-,15?/m1/s1. The molecule has 2 fully saturated rings. The predicted octanol–water partition coefficient (Wildman–Crippen LogP) is -0.612. The number of nitrogens with two attached hydrogens (primary N) is 1. The minimum absolute atomic E-state index is 0.0136. The summed E-state index contributed by atoms with van der Waals surface area (Å²) in [6.07, 6.45) is 0.394. The fourth-order valence-electron chi connectivity index (χ4n) is 2.91. The summed E-state index contributed by atoms with van der Waals surface area (Å²) in [6.45, 7) is -0.534. The van der Waals surface area contributed by atoms with Gasteiger partial charge in [-0.15, -0.1) is 11.8 Å². The first-order valence-electron chi connectivity index (χ1n) is 7.72. The van der Waals surface area contributed by atoms with E-state index < -0.39 is 30.1 Å². The third-order valence-electron chi connectivity index (χ3n) is 4.32. The zero-order valence-electron chi connectivity index (χ0n) is 13.5. The highest BCUT2D eigenvalue weighted by Gasteiger charge is 2.57. The highest BCUT2D eigenvalue weighted by molar-refractivity contribution is 8.00. The number of β-lactam (4-membered cyclic amide) rings is 1. The summed E-state index contributed by atoms with van der Waals surface area (Å²) in [6, 6.07) is 2.60. The first-order valence-corrected chi connectivity index (χ1v) is 8.77. The molecule has 0 aliphatic carbocycles. The first-order chi connectivity index (χ1) is 12.3. The number of carbonyl (C=O) groups excluding carboxylic acids is 3. The number of rotatable bonds is 6.